The van der Waals surface area contributed by atoms with Crippen LogP contribution in [0.15, 0.2) is 47.4 Å². The summed E-state index contributed by atoms with van der Waals surface area (Å²) in [6, 6.07) is 8.52. The SMILES string of the molecule is CC1CCN(C(=O)c2cccc(S(=O)(=O)Nc3c(F)cccc3F)c2)CC1. The van der Waals surface area contributed by atoms with Crippen molar-refractivity contribution in [3.05, 3.63) is 59.7 Å². The third-order valence-corrected chi connectivity index (χ3v) is 6.01. The van der Waals surface area contributed by atoms with E-state index in [4.69, 9.17) is 0 Å². The van der Waals surface area contributed by atoms with Crippen molar-refractivity contribution in [2.75, 3.05) is 17.8 Å². The summed E-state index contributed by atoms with van der Waals surface area (Å²) in [5.41, 5.74) is -0.527. The number of piperidine rings is 1. The van der Waals surface area contributed by atoms with Crippen molar-refractivity contribution in [2.24, 2.45) is 5.92 Å². The van der Waals surface area contributed by atoms with E-state index in [-0.39, 0.29) is 16.4 Å². The van der Waals surface area contributed by atoms with Gasteiger partial charge in [0.15, 0.2) is 0 Å². The molecule has 1 fully saturated rings. The average Bonchev–Trinajstić information content (AvgIpc) is 2.65. The Morgan fingerprint density at radius 2 is 1.67 bits per heavy atom. The van der Waals surface area contributed by atoms with Gasteiger partial charge in [0.25, 0.3) is 15.9 Å². The zero-order valence-corrected chi connectivity index (χ0v) is 15.6. The number of rotatable bonds is 4. The highest BCUT2D eigenvalue weighted by Crippen LogP contribution is 2.24. The summed E-state index contributed by atoms with van der Waals surface area (Å²) in [5.74, 6) is -1.74. The van der Waals surface area contributed by atoms with Crippen LogP contribution in [0.1, 0.15) is 30.1 Å². The van der Waals surface area contributed by atoms with Gasteiger partial charge in [-0.3, -0.25) is 9.52 Å². The fourth-order valence-corrected chi connectivity index (χ4v) is 4.10. The van der Waals surface area contributed by atoms with Crippen LogP contribution in [0.2, 0.25) is 0 Å². The van der Waals surface area contributed by atoms with Crippen molar-refractivity contribution in [1.82, 2.24) is 4.90 Å². The Kier molecular flexibility index (Phi) is 5.46. The summed E-state index contributed by atoms with van der Waals surface area (Å²) < 4.78 is 54.5. The number of carbonyl (C=O) groups excluding carboxylic acids is 1. The van der Waals surface area contributed by atoms with Gasteiger partial charge in [-0.2, -0.15) is 0 Å². The second-order valence-corrected chi connectivity index (χ2v) is 8.39. The number of para-hydroxylation sites is 1. The van der Waals surface area contributed by atoms with Crippen LogP contribution < -0.4 is 4.72 Å². The lowest BCUT2D eigenvalue weighted by Gasteiger charge is -2.30. The summed E-state index contributed by atoms with van der Waals surface area (Å²) in [5, 5.41) is 0. The van der Waals surface area contributed by atoms with E-state index in [9.17, 15) is 22.0 Å². The van der Waals surface area contributed by atoms with Crippen LogP contribution in [-0.2, 0) is 10.0 Å². The maximum Gasteiger partial charge on any atom is 0.262 e. The summed E-state index contributed by atoms with van der Waals surface area (Å²) in [6.45, 7) is 3.37. The molecule has 1 amide bonds. The topological polar surface area (TPSA) is 66.5 Å². The molecule has 1 saturated heterocycles. The summed E-state index contributed by atoms with van der Waals surface area (Å²) in [4.78, 5) is 14.1. The van der Waals surface area contributed by atoms with E-state index < -0.39 is 27.3 Å². The average molecular weight is 394 g/mol. The van der Waals surface area contributed by atoms with Crippen LogP contribution in [0.25, 0.3) is 0 Å². The number of amides is 1. The second-order valence-electron chi connectivity index (χ2n) is 6.70. The van der Waals surface area contributed by atoms with Gasteiger partial charge in [0, 0.05) is 18.7 Å². The van der Waals surface area contributed by atoms with Crippen LogP contribution in [0.5, 0.6) is 0 Å². The highest BCUT2D eigenvalue weighted by atomic mass is 32.2. The second kappa shape index (κ2) is 7.64. The first-order chi connectivity index (χ1) is 12.8. The molecule has 0 atom stereocenters. The molecular weight excluding hydrogens is 374 g/mol. The zero-order valence-electron chi connectivity index (χ0n) is 14.8. The van der Waals surface area contributed by atoms with E-state index in [0.717, 1.165) is 31.0 Å². The number of nitrogens with zero attached hydrogens (tertiary/aromatic N) is 1. The standard InChI is InChI=1S/C19H20F2N2O3S/c1-13-8-10-23(11-9-13)19(24)14-4-2-5-15(12-14)27(25,26)22-18-16(20)6-3-7-17(18)21/h2-7,12-13,22H,8-11H2,1H3. The van der Waals surface area contributed by atoms with Gasteiger partial charge in [-0.15, -0.1) is 0 Å². The number of nitrogens with one attached hydrogen (secondary N) is 1. The molecule has 0 bridgehead atoms. The molecule has 1 aliphatic heterocycles. The first-order valence-electron chi connectivity index (χ1n) is 8.64. The largest absolute Gasteiger partial charge is 0.339 e. The van der Waals surface area contributed by atoms with E-state index in [1.165, 1.54) is 24.3 Å². The van der Waals surface area contributed by atoms with Gasteiger partial charge in [0.05, 0.1) is 4.90 Å². The number of likely N-dealkylation sites (tertiary alicyclic amines) is 1. The van der Waals surface area contributed by atoms with Crippen LogP contribution in [0.4, 0.5) is 14.5 Å². The summed E-state index contributed by atoms with van der Waals surface area (Å²) in [6.07, 6.45) is 1.80. The van der Waals surface area contributed by atoms with Gasteiger partial charge in [0.1, 0.15) is 17.3 Å². The minimum Gasteiger partial charge on any atom is -0.339 e. The van der Waals surface area contributed by atoms with Gasteiger partial charge in [-0.1, -0.05) is 19.1 Å². The molecule has 1 heterocycles. The van der Waals surface area contributed by atoms with Gasteiger partial charge >= 0.3 is 0 Å². The molecule has 2 aromatic rings. The lowest BCUT2D eigenvalue weighted by molar-refractivity contribution is 0.0697. The lowest BCUT2D eigenvalue weighted by atomic mass is 9.98. The first-order valence-corrected chi connectivity index (χ1v) is 10.1. The molecule has 5 nitrogen and oxygen atoms in total. The van der Waals surface area contributed by atoms with Crippen LogP contribution in [0.3, 0.4) is 0 Å². The van der Waals surface area contributed by atoms with E-state index in [2.05, 4.69) is 6.92 Å². The Balaban J connectivity index is 1.85. The Labute approximate surface area is 157 Å². The molecule has 8 heteroatoms. The molecule has 0 radical (unpaired) electrons. The molecule has 1 aliphatic rings. The number of halogens is 2. The minimum absolute atomic E-state index is 0.224. The third-order valence-electron chi connectivity index (χ3n) is 4.66. The fraction of sp³-hybridized carbons (Fsp3) is 0.316. The number of carbonyl (C=O) groups is 1. The van der Waals surface area contributed by atoms with Crippen LogP contribution in [-0.4, -0.2) is 32.3 Å². The van der Waals surface area contributed by atoms with E-state index in [0.29, 0.717) is 19.0 Å². The maximum atomic E-state index is 13.8. The number of benzene rings is 2. The van der Waals surface area contributed by atoms with Gasteiger partial charge < -0.3 is 4.90 Å². The quantitative estimate of drug-likeness (QED) is 0.861. The number of sulfonamides is 1. The van der Waals surface area contributed by atoms with Crippen molar-refractivity contribution in [1.29, 1.82) is 0 Å². The van der Waals surface area contributed by atoms with Crippen molar-refractivity contribution < 1.29 is 22.0 Å². The Hall–Kier alpha value is -2.48. The molecular formula is C19H20F2N2O3S. The lowest BCUT2D eigenvalue weighted by Crippen LogP contribution is -2.37. The van der Waals surface area contributed by atoms with Crippen molar-refractivity contribution in [3.63, 3.8) is 0 Å². The van der Waals surface area contributed by atoms with Gasteiger partial charge in [-0.25, -0.2) is 17.2 Å². The summed E-state index contributed by atoms with van der Waals surface area (Å²) in [7, 11) is -4.25. The van der Waals surface area contributed by atoms with Crippen LogP contribution in [0, 0.1) is 17.6 Å². The van der Waals surface area contributed by atoms with E-state index in [1.54, 1.807) is 4.90 Å². The highest BCUT2D eigenvalue weighted by Gasteiger charge is 2.24. The van der Waals surface area contributed by atoms with E-state index >= 15 is 0 Å². The monoisotopic (exact) mass is 394 g/mol. The van der Waals surface area contributed by atoms with Crippen molar-refractivity contribution in [3.8, 4) is 0 Å². The Morgan fingerprint density at radius 1 is 1.07 bits per heavy atom. The maximum absolute atomic E-state index is 13.8. The molecule has 3 rings (SSSR count). The van der Waals surface area contributed by atoms with Gasteiger partial charge in [-0.05, 0) is 49.1 Å². The zero-order chi connectivity index (χ0) is 19.6. The van der Waals surface area contributed by atoms with Gasteiger partial charge in [0.2, 0.25) is 0 Å². The molecule has 144 valence electrons. The molecule has 0 aromatic heterocycles. The number of hydrogen-bond donors (Lipinski definition) is 1. The molecule has 0 aliphatic carbocycles. The first kappa shape index (κ1) is 19.3. The van der Waals surface area contributed by atoms with E-state index in [1.807, 2.05) is 4.72 Å². The molecule has 2 aromatic carbocycles. The molecule has 0 spiro atoms. The normalized spacial score (nSPS) is 15.6. The number of anilines is 1. The Bertz CT molecular complexity index is 935. The Morgan fingerprint density at radius 3 is 2.30 bits per heavy atom. The highest BCUT2D eigenvalue weighted by molar-refractivity contribution is 7.92. The molecule has 27 heavy (non-hydrogen) atoms. The van der Waals surface area contributed by atoms with Crippen molar-refractivity contribution >= 4 is 21.6 Å². The minimum atomic E-state index is -4.25. The smallest absolute Gasteiger partial charge is 0.262 e. The molecule has 0 unspecified atom stereocenters. The predicted molar refractivity (Wildman–Crippen MR) is 97.9 cm³/mol. The fourth-order valence-electron chi connectivity index (χ4n) is 2.98. The van der Waals surface area contributed by atoms with Crippen LogP contribution >= 0.6 is 0 Å². The summed E-state index contributed by atoms with van der Waals surface area (Å²) >= 11 is 0. The number of hydrogen-bond acceptors (Lipinski definition) is 3. The third kappa shape index (κ3) is 4.27. The molecule has 1 N–H and O–H groups in total. The molecule has 0 saturated carbocycles. The predicted octanol–water partition coefficient (Wildman–Crippen LogP) is 3.64. The van der Waals surface area contributed by atoms with Crippen molar-refractivity contribution in [2.45, 2.75) is 24.7 Å².